The van der Waals surface area contributed by atoms with E-state index in [1.54, 1.807) is 0 Å². The highest BCUT2D eigenvalue weighted by molar-refractivity contribution is 5.90. The van der Waals surface area contributed by atoms with Gasteiger partial charge in [0.25, 0.3) is 0 Å². The Morgan fingerprint density at radius 3 is 1.80 bits per heavy atom. The SMILES string of the molecule is C#CCOCCOCCOCCOCCc1n[nH]nc1C(ONC(=O)CCCCCCC(=O)Nc1ccccc1)(c1ccc(C)cc1)c1ccc(C)cc1. The van der Waals surface area contributed by atoms with Crippen LogP contribution in [0.2, 0.25) is 0 Å². The Bertz CT molecular complexity index is 1660. The molecule has 0 aliphatic heterocycles. The van der Waals surface area contributed by atoms with Crippen molar-refractivity contribution in [1.82, 2.24) is 20.9 Å². The first-order chi connectivity index (χ1) is 26.4. The Morgan fingerprint density at radius 2 is 1.22 bits per heavy atom. The summed E-state index contributed by atoms with van der Waals surface area (Å²) in [7, 11) is 0. The number of aryl methyl sites for hydroxylation is 2. The highest BCUT2D eigenvalue weighted by atomic mass is 16.7. The maximum atomic E-state index is 13.3. The van der Waals surface area contributed by atoms with E-state index in [9.17, 15) is 9.59 Å². The molecular formula is C42H53N5O7. The molecule has 1 heterocycles. The molecule has 0 fully saturated rings. The molecule has 288 valence electrons. The Hall–Kier alpha value is -4.90. The van der Waals surface area contributed by atoms with E-state index in [4.69, 9.17) is 30.2 Å². The predicted octanol–water partition coefficient (Wildman–Crippen LogP) is 5.98. The maximum absolute atomic E-state index is 13.3. The van der Waals surface area contributed by atoms with Crippen LogP contribution < -0.4 is 10.8 Å². The van der Waals surface area contributed by atoms with E-state index in [2.05, 4.69) is 32.1 Å². The van der Waals surface area contributed by atoms with Gasteiger partial charge in [-0.15, -0.1) is 6.42 Å². The lowest BCUT2D eigenvalue weighted by Gasteiger charge is -2.33. The number of hydrogen-bond acceptors (Lipinski definition) is 9. The van der Waals surface area contributed by atoms with Crippen LogP contribution in [0.25, 0.3) is 0 Å². The summed E-state index contributed by atoms with van der Waals surface area (Å²) in [5.41, 5.74) is 7.11. The van der Waals surface area contributed by atoms with Gasteiger partial charge in [0.05, 0.1) is 51.9 Å². The zero-order valence-corrected chi connectivity index (χ0v) is 31.4. The summed E-state index contributed by atoms with van der Waals surface area (Å²) in [6.45, 7) is 7.29. The largest absolute Gasteiger partial charge is 0.379 e. The zero-order valence-electron chi connectivity index (χ0n) is 31.4. The summed E-state index contributed by atoms with van der Waals surface area (Å²) < 4.78 is 22.1. The predicted molar refractivity (Wildman–Crippen MR) is 206 cm³/mol. The van der Waals surface area contributed by atoms with Crippen LogP contribution in [0.1, 0.15) is 72.2 Å². The highest BCUT2D eigenvalue weighted by Crippen LogP contribution is 2.40. The molecule has 0 unspecified atom stereocenters. The Labute approximate surface area is 318 Å². The molecule has 2 amide bonds. The third-order valence-corrected chi connectivity index (χ3v) is 8.59. The number of carbonyl (C=O) groups is 2. The molecule has 0 aliphatic rings. The zero-order chi connectivity index (χ0) is 38.3. The molecule has 1 aromatic heterocycles. The number of amides is 2. The second-order valence-electron chi connectivity index (χ2n) is 12.8. The topological polar surface area (TPSA) is 146 Å². The lowest BCUT2D eigenvalue weighted by atomic mass is 9.81. The van der Waals surface area contributed by atoms with Gasteiger partial charge in [-0.2, -0.15) is 15.4 Å². The molecule has 0 radical (unpaired) electrons. The van der Waals surface area contributed by atoms with Crippen molar-refractivity contribution in [2.24, 2.45) is 0 Å². The van der Waals surface area contributed by atoms with Gasteiger partial charge in [0.1, 0.15) is 12.3 Å². The fourth-order valence-corrected chi connectivity index (χ4v) is 5.71. The van der Waals surface area contributed by atoms with Gasteiger partial charge in [0.15, 0.2) is 5.60 Å². The summed E-state index contributed by atoms with van der Waals surface area (Å²) in [5, 5.41) is 14.8. The molecular weight excluding hydrogens is 686 g/mol. The van der Waals surface area contributed by atoms with Crippen molar-refractivity contribution < 1.29 is 33.4 Å². The second kappa shape index (κ2) is 23.7. The summed E-state index contributed by atoms with van der Waals surface area (Å²) in [6.07, 6.45) is 9.33. The number of aromatic nitrogens is 3. The summed E-state index contributed by atoms with van der Waals surface area (Å²) in [6, 6.07) is 25.4. The smallest absolute Gasteiger partial charge is 0.243 e. The summed E-state index contributed by atoms with van der Waals surface area (Å²) in [4.78, 5) is 32.1. The fraction of sp³-hybridized carbons (Fsp3) is 0.429. The van der Waals surface area contributed by atoms with Crippen LogP contribution in [0, 0.1) is 26.2 Å². The second-order valence-corrected chi connectivity index (χ2v) is 12.8. The number of ether oxygens (including phenoxy) is 4. The van der Waals surface area contributed by atoms with Gasteiger partial charge in [-0.3, -0.25) is 14.4 Å². The monoisotopic (exact) mass is 739 g/mol. The average Bonchev–Trinajstić information content (AvgIpc) is 3.65. The van der Waals surface area contributed by atoms with E-state index in [0.717, 1.165) is 47.2 Å². The molecule has 3 N–H and O–H groups in total. The van der Waals surface area contributed by atoms with Gasteiger partial charge in [0.2, 0.25) is 11.8 Å². The molecule has 0 atom stereocenters. The van der Waals surface area contributed by atoms with Gasteiger partial charge in [-0.25, -0.2) is 5.48 Å². The molecule has 54 heavy (non-hydrogen) atoms. The van der Waals surface area contributed by atoms with Crippen LogP contribution in [0.3, 0.4) is 0 Å². The standard InChI is InChI=1S/C42H53N5O7/c1-4-25-50-27-29-52-31-32-53-30-28-51-26-24-38-41(45-47-44-38)42(35-20-16-33(2)17-21-35,36-22-18-34(3)19-23-36)54-46-40(49)15-11-6-5-10-14-39(48)43-37-12-8-7-9-13-37/h1,7-9,12-13,16-23H,5-6,10-11,14-15,24-32H2,2-3H3,(H,43,48)(H,46,49)(H,44,45,47). The quantitative estimate of drug-likeness (QED) is 0.0402. The number of terminal acetylenes is 1. The third-order valence-electron chi connectivity index (χ3n) is 8.59. The molecule has 4 aromatic rings. The molecule has 3 aromatic carbocycles. The fourth-order valence-electron chi connectivity index (χ4n) is 5.71. The molecule has 0 aliphatic carbocycles. The summed E-state index contributed by atoms with van der Waals surface area (Å²) >= 11 is 0. The minimum atomic E-state index is -1.32. The number of nitrogens with one attached hydrogen (secondary N) is 3. The number of aromatic amines is 1. The van der Waals surface area contributed by atoms with Crippen LogP contribution in [0.15, 0.2) is 78.9 Å². The molecule has 0 bridgehead atoms. The van der Waals surface area contributed by atoms with Gasteiger partial charge in [0, 0.05) is 24.9 Å². The van der Waals surface area contributed by atoms with Crippen molar-refractivity contribution in [3.8, 4) is 12.3 Å². The first kappa shape index (κ1) is 41.9. The molecule has 12 nitrogen and oxygen atoms in total. The highest BCUT2D eigenvalue weighted by Gasteiger charge is 2.44. The average molecular weight is 740 g/mol. The lowest BCUT2D eigenvalue weighted by molar-refractivity contribution is -0.144. The van der Waals surface area contributed by atoms with Crippen molar-refractivity contribution in [3.05, 3.63) is 113 Å². The van der Waals surface area contributed by atoms with E-state index >= 15 is 0 Å². The van der Waals surface area contributed by atoms with Crippen LogP contribution >= 0.6 is 0 Å². The van der Waals surface area contributed by atoms with Crippen LogP contribution in [0.4, 0.5) is 5.69 Å². The van der Waals surface area contributed by atoms with Crippen molar-refractivity contribution in [1.29, 1.82) is 0 Å². The number of para-hydroxylation sites is 1. The Morgan fingerprint density at radius 1 is 0.685 bits per heavy atom. The number of unbranched alkanes of at least 4 members (excludes halogenated alkanes) is 3. The lowest BCUT2D eigenvalue weighted by Crippen LogP contribution is -2.41. The number of hydrogen-bond donors (Lipinski definition) is 3. The Balaban J connectivity index is 1.34. The van der Waals surface area contributed by atoms with Crippen LogP contribution in [-0.4, -0.2) is 80.1 Å². The minimum Gasteiger partial charge on any atom is -0.379 e. The number of anilines is 1. The van der Waals surface area contributed by atoms with E-state index in [1.165, 1.54) is 0 Å². The van der Waals surface area contributed by atoms with Gasteiger partial charge < -0.3 is 24.3 Å². The van der Waals surface area contributed by atoms with E-state index in [-0.39, 0.29) is 24.8 Å². The Kier molecular flexibility index (Phi) is 18.4. The van der Waals surface area contributed by atoms with Crippen molar-refractivity contribution in [3.63, 3.8) is 0 Å². The normalized spacial score (nSPS) is 11.3. The van der Waals surface area contributed by atoms with Gasteiger partial charge in [-0.05, 0) is 49.9 Å². The molecule has 0 saturated heterocycles. The molecule has 4 rings (SSSR count). The number of rotatable bonds is 26. The van der Waals surface area contributed by atoms with Crippen molar-refractivity contribution >= 4 is 17.5 Å². The van der Waals surface area contributed by atoms with Crippen LogP contribution in [0.5, 0.6) is 0 Å². The number of benzene rings is 3. The van der Waals surface area contributed by atoms with Gasteiger partial charge >= 0.3 is 0 Å². The van der Waals surface area contributed by atoms with Crippen molar-refractivity contribution in [2.75, 3.05) is 58.2 Å². The van der Waals surface area contributed by atoms with Crippen molar-refractivity contribution in [2.45, 2.75) is 64.4 Å². The minimum absolute atomic E-state index is 0.0133. The first-order valence-electron chi connectivity index (χ1n) is 18.5. The van der Waals surface area contributed by atoms with Crippen LogP contribution in [-0.2, 0) is 45.4 Å². The number of nitrogens with zero attached hydrogens (tertiary/aromatic N) is 2. The number of hydroxylamine groups is 1. The molecule has 0 saturated carbocycles. The number of H-pyrrole nitrogens is 1. The first-order valence-corrected chi connectivity index (χ1v) is 18.5. The molecule has 12 heteroatoms. The molecule has 0 spiro atoms. The van der Waals surface area contributed by atoms with E-state index < -0.39 is 5.60 Å². The van der Waals surface area contributed by atoms with E-state index in [0.29, 0.717) is 76.9 Å². The van der Waals surface area contributed by atoms with E-state index in [1.807, 2.05) is 92.7 Å². The maximum Gasteiger partial charge on any atom is 0.243 e. The van der Waals surface area contributed by atoms with Gasteiger partial charge in [-0.1, -0.05) is 96.6 Å². The third kappa shape index (κ3) is 13.8. The number of carbonyl (C=O) groups excluding carboxylic acids is 2. The summed E-state index contributed by atoms with van der Waals surface area (Å²) in [5.74, 6) is 2.15.